The SMILES string of the molecule is C[N+]1(CCc2cccnc2)CCC(OC(=O)C2(O)c3ccccc3-c3ccccc32)CC1. The number of esters is 1. The van der Waals surface area contributed by atoms with Crippen molar-refractivity contribution in [3.8, 4) is 11.1 Å². The average Bonchev–Trinajstić information content (AvgIpc) is 3.10. The van der Waals surface area contributed by atoms with Crippen LogP contribution in [0.4, 0.5) is 0 Å². The number of aromatic nitrogens is 1. The summed E-state index contributed by atoms with van der Waals surface area (Å²) in [6, 6.07) is 19.2. The lowest BCUT2D eigenvalue weighted by Crippen LogP contribution is -2.53. The number of likely N-dealkylation sites (N-methyl/N-ethyl adjacent to an activating group) is 1. The highest BCUT2D eigenvalue weighted by Crippen LogP contribution is 2.48. The van der Waals surface area contributed by atoms with Crippen LogP contribution < -0.4 is 0 Å². The fourth-order valence-electron chi connectivity index (χ4n) is 5.12. The fraction of sp³-hybridized carbons (Fsp3) is 0.333. The van der Waals surface area contributed by atoms with Crippen LogP contribution in [-0.4, -0.2) is 53.3 Å². The molecule has 0 saturated carbocycles. The van der Waals surface area contributed by atoms with E-state index >= 15 is 0 Å². The predicted octanol–water partition coefficient (Wildman–Crippen LogP) is 3.69. The summed E-state index contributed by atoms with van der Waals surface area (Å²) in [7, 11) is 2.27. The Kier molecular flexibility index (Phi) is 5.31. The second-order valence-corrected chi connectivity index (χ2v) is 9.31. The molecule has 1 N–H and O–H groups in total. The summed E-state index contributed by atoms with van der Waals surface area (Å²) >= 11 is 0. The van der Waals surface area contributed by atoms with E-state index in [9.17, 15) is 9.90 Å². The van der Waals surface area contributed by atoms with Crippen molar-refractivity contribution < 1.29 is 19.1 Å². The molecule has 164 valence electrons. The summed E-state index contributed by atoms with van der Waals surface area (Å²) < 4.78 is 6.90. The molecule has 5 heteroatoms. The van der Waals surface area contributed by atoms with Gasteiger partial charge in [-0.1, -0.05) is 54.6 Å². The van der Waals surface area contributed by atoms with Crippen LogP contribution in [0.2, 0.25) is 0 Å². The Hall–Kier alpha value is -3.02. The Morgan fingerprint density at radius 2 is 1.66 bits per heavy atom. The van der Waals surface area contributed by atoms with Gasteiger partial charge in [0, 0.05) is 42.8 Å². The normalized spacial score (nSPS) is 23.2. The highest BCUT2D eigenvalue weighted by Gasteiger charge is 2.50. The molecule has 2 aromatic carbocycles. The van der Waals surface area contributed by atoms with Gasteiger partial charge in [0.15, 0.2) is 0 Å². The van der Waals surface area contributed by atoms with Crippen LogP contribution in [0, 0.1) is 0 Å². The number of ether oxygens (including phenoxy) is 1. The molecule has 5 rings (SSSR count). The van der Waals surface area contributed by atoms with Crippen LogP contribution in [-0.2, 0) is 21.6 Å². The highest BCUT2D eigenvalue weighted by atomic mass is 16.6. The van der Waals surface area contributed by atoms with Crippen LogP contribution in [0.15, 0.2) is 73.1 Å². The minimum atomic E-state index is -1.75. The number of rotatable bonds is 5. The van der Waals surface area contributed by atoms with Crippen molar-refractivity contribution >= 4 is 5.97 Å². The molecule has 0 atom stereocenters. The number of carbonyl (C=O) groups is 1. The number of likely N-dealkylation sites (tertiary alicyclic amines) is 1. The second-order valence-electron chi connectivity index (χ2n) is 9.31. The monoisotopic (exact) mass is 429 g/mol. The van der Waals surface area contributed by atoms with Gasteiger partial charge in [-0.3, -0.25) is 4.98 Å². The number of pyridine rings is 1. The molecular weight excluding hydrogens is 400 g/mol. The van der Waals surface area contributed by atoms with Gasteiger partial charge in [0.05, 0.1) is 26.7 Å². The van der Waals surface area contributed by atoms with Gasteiger partial charge in [0.1, 0.15) is 6.10 Å². The third kappa shape index (κ3) is 3.61. The van der Waals surface area contributed by atoms with E-state index in [1.807, 2.05) is 60.8 Å². The summed E-state index contributed by atoms with van der Waals surface area (Å²) in [5, 5.41) is 11.6. The summed E-state index contributed by atoms with van der Waals surface area (Å²) in [6.07, 6.45) is 6.15. The molecular formula is C27H29N2O3+. The Labute approximate surface area is 188 Å². The zero-order valence-electron chi connectivity index (χ0n) is 18.4. The molecule has 1 saturated heterocycles. The Morgan fingerprint density at radius 3 is 2.25 bits per heavy atom. The number of carbonyl (C=O) groups excluding carboxylic acids is 1. The molecule has 5 nitrogen and oxygen atoms in total. The number of hydrogen-bond acceptors (Lipinski definition) is 4. The van der Waals surface area contributed by atoms with E-state index in [2.05, 4.69) is 18.1 Å². The summed E-state index contributed by atoms with van der Waals surface area (Å²) in [5.41, 5.74) is 2.51. The van der Waals surface area contributed by atoms with Gasteiger partial charge in [-0.25, -0.2) is 4.79 Å². The maximum Gasteiger partial charge on any atom is 0.348 e. The molecule has 2 aliphatic rings. The van der Waals surface area contributed by atoms with Crippen molar-refractivity contribution in [3.05, 3.63) is 89.7 Å². The second kappa shape index (κ2) is 8.15. The molecule has 2 heterocycles. The van der Waals surface area contributed by atoms with Gasteiger partial charge < -0.3 is 14.3 Å². The quantitative estimate of drug-likeness (QED) is 0.496. The van der Waals surface area contributed by atoms with Crippen LogP contribution in [0.25, 0.3) is 11.1 Å². The molecule has 1 fully saturated rings. The lowest BCUT2D eigenvalue weighted by Gasteiger charge is -2.40. The first-order chi connectivity index (χ1) is 15.5. The molecule has 0 radical (unpaired) electrons. The van der Waals surface area contributed by atoms with Crippen LogP contribution in [0.1, 0.15) is 29.5 Å². The first-order valence-corrected chi connectivity index (χ1v) is 11.3. The highest BCUT2D eigenvalue weighted by molar-refractivity contribution is 5.96. The molecule has 3 aromatic rings. The van der Waals surface area contributed by atoms with E-state index in [4.69, 9.17) is 4.74 Å². The molecule has 0 amide bonds. The van der Waals surface area contributed by atoms with Crippen molar-refractivity contribution in [1.82, 2.24) is 4.98 Å². The first kappa shape index (κ1) is 20.9. The predicted molar refractivity (Wildman–Crippen MR) is 123 cm³/mol. The lowest BCUT2D eigenvalue weighted by molar-refractivity contribution is -0.914. The van der Waals surface area contributed by atoms with Gasteiger partial charge in [0.2, 0.25) is 5.60 Å². The Morgan fingerprint density at radius 1 is 1.03 bits per heavy atom. The van der Waals surface area contributed by atoms with Crippen molar-refractivity contribution in [1.29, 1.82) is 0 Å². The summed E-state index contributed by atoms with van der Waals surface area (Å²) in [6.45, 7) is 2.94. The molecule has 32 heavy (non-hydrogen) atoms. The standard InChI is InChI=1S/C27H29N2O3/c1-29(16-12-20-7-6-15-28-19-20)17-13-21(14-18-29)32-26(30)27(31)24-10-4-2-8-22(24)23-9-3-5-11-25(23)27/h2-11,15,19,21,31H,12-14,16-18H2,1H3/q+1. The molecule has 0 unspecified atom stereocenters. The molecule has 0 bridgehead atoms. The van der Waals surface area contributed by atoms with Gasteiger partial charge in [0.25, 0.3) is 0 Å². The summed E-state index contributed by atoms with van der Waals surface area (Å²) in [4.78, 5) is 17.6. The molecule has 1 aromatic heterocycles. The van der Waals surface area contributed by atoms with Crippen LogP contribution >= 0.6 is 0 Å². The van der Waals surface area contributed by atoms with E-state index in [1.165, 1.54) is 5.56 Å². The van der Waals surface area contributed by atoms with E-state index < -0.39 is 11.6 Å². The number of aliphatic hydroxyl groups is 1. The van der Waals surface area contributed by atoms with E-state index in [1.54, 1.807) is 6.20 Å². The first-order valence-electron chi connectivity index (χ1n) is 11.3. The minimum absolute atomic E-state index is 0.170. The topological polar surface area (TPSA) is 59.4 Å². The minimum Gasteiger partial charge on any atom is -0.459 e. The van der Waals surface area contributed by atoms with E-state index in [0.29, 0.717) is 11.1 Å². The molecule has 1 aliphatic carbocycles. The summed E-state index contributed by atoms with van der Waals surface area (Å²) in [5.74, 6) is -0.564. The Bertz CT molecular complexity index is 1080. The Balaban J connectivity index is 1.26. The van der Waals surface area contributed by atoms with Crippen LogP contribution in [0.5, 0.6) is 0 Å². The number of benzene rings is 2. The largest absolute Gasteiger partial charge is 0.459 e. The van der Waals surface area contributed by atoms with Gasteiger partial charge in [-0.15, -0.1) is 0 Å². The zero-order chi connectivity index (χ0) is 22.2. The van der Waals surface area contributed by atoms with Crippen molar-refractivity contribution in [2.45, 2.75) is 31.0 Å². The van der Waals surface area contributed by atoms with Gasteiger partial charge in [-0.2, -0.15) is 0 Å². The molecule has 0 spiro atoms. The zero-order valence-corrected chi connectivity index (χ0v) is 18.4. The van der Waals surface area contributed by atoms with Crippen molar-refractivity contribution in [2.24, 2.45) is 0 Å². The fourth-order valence-corrected chi connectivity index (χ4v) is 5.12. The maximum absolute atomic E-state index is 13.3. The molecule has 1 aliphatic heterocycles. The lowest BCUT2D eigenvalue weighted by atomic mass is 9.91. The third-order valence-electron chi connectivity index (χ3n) is 7.14. The number of quaternary nitrogens is 1. The van der Waals surface area contributed by atoms with E-state index in [0.717, 1.165) is 54.5 Å². The number of fused-ring (bicyclic) bond motifs is 3. The van der Waals surface area contributed by atoms with Gasteiger partial charge >= 0.3 is 5.97 Å². The van der Waals surface area contributed by atoms with E-state index in [-0.39, 0.29) is 6.10 Å². The maximum atomic E-state index is 13.3. The van der Waals surface area contributed by atoms with Gasteiger partial charge in [-0.05, 0) is 22.8 Å². The average molecular weight is 430 g/mol. The number of piperidine rings is 1. The van der Waals surface area contributed by atoms with Crippen molar-refractivity contribution in [2.75, 3.05) is 26.7 Å². The van der Waals surface area contributed by atoms with Crippen molar-refractivity contribution in [3.63, 3.8) is 0 Å². The number of nitrogens with zero attached hydrogens (tertiary/aromatic N) is 2. The van der Waals surface area contributed by atoms with Crippen LogP contribution in [0.3, 0.4) is 0 Å². The number of hydrogen-bond donors (Lipinski definition) is 1. The smallest absolute Gasteiger partial charge is 0.348 e. The third-order valence-corrected chi connectivity index (χ3v) is 7.14.